The topological polar surface area (TPSA) is 36.4 Å². The molecular weight excluding hydrogens is 369 g/mol. The van der Waals surface area contributed by atoms with Gasteiger partial charge in [0.1, 0.15) is 0 Å². The van der Waals surface area contributed by atoms with Gasteiger partial charge in [0.05, 0.1) is 0 Å². The maximum atomic E-state index is 4.30. The van der Waals surface area contributed by atoms with Crippen LogP contribution in [-0.2, 0) is 6.42 Å². The molecule has 0 unspecified atom stereocenters. The van der Waals surface area contributed by atoms with Gasteiger partial charge in [-0.2, -0.15) is 0 Å². The van der Waals surface area contributed by atoms with E-state index in [1.165, 1.54) is 37.0 Å². The normalized spacial score (nSPS) is 16.8. The number of hydrogen-bond acceptors (Lipinski definition) is 2. The first kappa shape index (κ1) is 16.8. The van der Waals surface area contributed by atoms with Crippen LogP contribution in [0.5, 0.6) is 0 Å². The van der Waals surface area contributed by atoms with Gasteiger partial charge in [-0.1, -0.05) is 25.3 Å². The summed E-state index contributed by atoms with van der Waals surface area (Å²) in [5, 5.41) is 9.06. The SMILES string of the molecule is CN=C(NCCc1cccs1)NC1CCCCC1.I. The standard InChI is InChI=1S/C14H23N3S.HI/c1-15-14(17-12-6-3-2-4-7-12)16-10-9-13-8-5-11-18-13;/h5,8,11-12H,2-4,6-7,9-10H2,1H3,(H2,15,16,17);1H. The summed E-state index contributed by atoms with van der Waals surface area (Å²) in [6.07, 6.45) is 7.73. The molecule has 1 saturated carbocycles. The summed E-state index contributed by atoms with van der Waals surface area (Å²) in [6, 6.07) is 4.91. The molecule has 0 saturated heterocycles. The van der Waals surface area contributed by atoms with Crippen molar-refractivity contribution in [3.8, 4) is 0 Å². The van der Waals surface area contributed by atoms with Crippen LogP contribution in [0.1, 0.15) is 37.0 Å². The number of rotatable bonds is 4. The van der Waals surface area contributed by atoms with E-state index >= 15 is 0 Å². The molecule has 1 aromatic rings. The molecule has 0 radical (unpaired) electrons. The second-order valence-corrected chi connectivity index (χ2v) is 5.84. The first-order valence-electron chi connectivity index (χ1n) is 6.88. The van der Waals surface area contributed by atoms with Gasteiger partial charge in [0.25, 0.3) is 0 Å². The highest BCUT2D eigenvalue weighted by Gasteiger charge is 2.14. The predicted octanol–water partition coefficient (Wildman–Crippen LogP) is 3.41. The lowest BCUT2D eigenvalue weighted by molar-refractivity contribution is 0.410. The van der Waals surface area contributed by atoms with Crippen LogP contribution in [0.3, 0.4) is 0 Å². The summed E-state index contributed by atoms with van der Waals surface area (Å²) < 4.78 is 0. The maximum Gasteiger partial charge on any atom is 0.191 e. The zero-order valence-corrected chi connectivity index (χ0v) is 14.7. The van der Waals surface area contributed by atoms with Gasteiger partial charge < -0.3 is 10.6 Å². The number of thiophene rings is 1. The monoisotopic (exact) mass is 393 g/mol. The molecule has 19 heavy (non-hydrogen) atoms. The summed E-state index contributed by atoms with van der Waals surface area (Å²) >= 11 is 1.82. The van der Waals surface area contributed by atoms with Crippen molar-refractivity contribution in [1.29, 1.82) is 0 Å². The molecule has 0 amide bonds. The van der Waals surface area contributed by atoms with Crippen molar-refractivity contribution in [2.75, 3.05) is 13.6 Å². The molecule has 0 spiro atoms. The van der Waals surface area contributed by atoms with E-state index in [0.29, 0.717) is 6.04 Å². The molecule has 2 N–H and O–H groups in total. The lowest BCUT2D eigenvalue weighted by atomic mass is 9.96. The number of nitrogens with zero attached hydrogens (tertiary/aromatic N) is 1. The molecule has 1 fully saturated rings. The van der Waals surface area contributed by atoms with Crippen molar-refractivity contribution in [3.63, 3.8) is 0 Å². The van der Waals surface area contributed by atoms with Crippen molar-refractivity contribution in [2.24, 2.45) is 4.99 Å². The number of guanidine groups is 1. The number of hydrogen-bond donors (Lipinski definition) is 2. The Morgan fingerprint density at radius 3 is 2.79 bits per heavy atom. The van der Waals surface area contributed by atoms with E-state index in [4.69, 9.17) is 0 Å². The second-order valence-electron chi connectivity index (χ2n) is 4.81. The van der Waals surface area contributed by atoms with Gasteiger partial charge >= 0.3 is 0 Å². The van der Waals surface area contributed by atoms with Gasteiger partial charge in [0, 0.05) is 24.5 Å². The Labute approximate surface area is 137 Å². The van der Waals surface area contributed by atoms with E-state index in [0.717, 1.165) is 18.9 Å². The van der Waals surface area contributed by atoms with Crippen LogP contribution in [0.25, 0.3) is 0 Å². The number of aliphatic imine (C=N–C) groups is 1. The minimum atomic E-state index is 0. The summed E-state index contributed by atoms with van der Waals surface area (Å²) in [6.45, 7) is 0.951. The van der Waals surface area contributed by atoms with Crippen molar-refractivity contribution < 1.29 is 0 Å². The Hall–Kier alpha value is -0.300. The number of halogens is 1. The lowest BCUT2D eigenvalue weighted by Gasteiger charge is -2.24. The van der Waals surface area contributed by atoms with Crippen molar-refractivity contribution >= 4 is 41.3 Å². The van der Waals surface area contributed by atoms with E-state index < -0.39 is 0 Å². The average Bonchev–Trinajstić information content (AvgIpc) is 2.92. The Bertz CT molecular complexity index is 359. The number of nitrogens with one attached hydrogen (secondary N) is 2. The molecule has 108 valence electrons. The Morgan fingerprint density at radius 2 is 2.16 bits per heavy atom. The maximum absolute atomic E-state index is 4.30. The quantitative estimate of drug-likeness (QED) is 0.467. The third kappa shape index (κ3) is 6.12. The van der Waals surface area contributed by atoms with E-state index in [-0.39, 0.29) is 24.0 Å². The van der Waals surface area contributed by atoms with E-state index in [2.05, 4.69) is 33.1 Å². The van der Waals surface area contributed by atoms with Crippen molar-refractivity contribution in [1.82, 2.24) is 10.6 Å². The molecule has 0 aliphatic heterocycles. The molecular formula is C14H24IN3S. The molecule has 0 aromatic carbocycles. The van der Waals surface area contributed by atoms with Gasteiger partial charge in [-0.05, 0) is 30.7 Å². The fraction of sp³-hybridized carbons (Fsp3) is 0.643. The molecule has 2 rings (SSSR count). The Balaban J connectivity index is 0.00000180. The molecule has 1 aliphatic carbocycles. The molecule has 1 aromatic heterocycles. The molecule has 0 atom stereocenters. The molecule has 3 nitrogen and oxygen atoms in total. The smallest absolute Gasteiger partial charge is 0.191 e. The molecule has 1 heterocycles. The Morgan fingerprint density at radius 1 is 1.37 bits per heavy atom. The van der Waals surface area contributed by atoms with Crippen LogP contribution in [0.2, 0.25) is 0 Å². The highest BCUT2D eigenvalue weighted by atomic mass is 127. The van der Waals surface area contributed by atoms with Gasteiger partial charge in [0.15, 0.2) is 5.96 Å². The second kappa shape index (κ2) is 9.58. The summed E-state index contributed by atoms with van der Waals surface area (Å²) in [7, 11) is 1.85. The van der Waals surface area contributed by atoms with Gasteiger partial charge in [-0.3, -0.25) is 4.99 Å². The van der Waals surface area contributed by atoms with Crippen LogP contribution >= 0.6 is 35.3 Å². The van der Waals surface area contributed by atoms with Gasteiger partial charge in [-0.25, -0.2) is 0 Å². The molecule has 0 bridgehead atoms. The van der Waals surface area contributed by atoms with Crippen LogP contribution in [0, 0.1) is 0 Å². The summed E-state index contributed by atoms with van der Waals surface area (Å²) in [4.78, 5) is 5.73. The van der Waals surface area contributed by atoms with E-state index in [9.17, 15) is 0 Å². The lowest BCUT2D eigenvalue weighted by Crippen LogP contribution is -2.44. The highest BCUT2D eigenvalue weighted by Crippen LogP contribution is 2.17. The van der Waals surface area contributed by atoms with E-state index in [1.54, 1.807) is 0 Å². The fourth-order valence-corrected chi connectivity index (χ4v) is 3.10. The fourth-order valence-electron chi connectivity index (χ4n) is 2.39. The zero-order chi connectivity index (χ0) is 12.6. The third-order valence-corrected chi connectivity index (χ3v) is 4.35. The van der Waals surface area contributed by atoms with Crippen LogP contribution in [0.4, 0.5) is 0 Å². The highest BCUT2D eigenvalue weighted by molar-refractivity contribution is 14.0. The zero-order valence-electron chi connectivity index (χ0n) is 11.5. The molecule has 5 heteroatoms. The van der Waals surface area contributed by atoms with Crippen molar-refractivity contribution in [2.45, 2.75) is 44.6 Å². The van der Waals surface area contributed by atoms with Gasteiger partial charge in [-0.15, -0.1) is 35.3 Å². The third-order valence-electron chi connectivity index (χ3n) is 3.41. The average molecular weight is 393 g/mol. The first-order valence-corrected chi connectivity index (χ1v) is 7.76. The minimum absolute atomic E-state index is 0. The van der Waals surface area contributed by atoms with Crippen LogP contribution in [0.15, 0.2) is 22.5 Å². The van der Waals surface area contributed by atoms with Crippen LogP contribution < -0.4 is 10.6 Å². The van der Waals surface area contributed by atoms with Crippen LogP contribution in [-0.4, -0.2) is 25.6 Å². The largest absolute Gasteiger partial charge is 0.356 e. The van der Waals surface area contributed by atoms with E-state index in [1.807, 2.05) is 18.4 Å². The first-order chi connectivity index (χ1) is 8.88. The predicted molar refractivity (Wildman–Crippen MR) is 94.8 cm³/mol. The van der Waals surface area contributed by atoms with Gasteiger partial charge in [0.2, 0.25) is 0 Å². The molecule has 1 aliphatic rings. The minimum Gasteiger partial charge on any atom is -0.356 e. The summed E-state index contributed by atoms with van der Waals surface area (Å²) in [5.41, 5.74) is 0. The Kier molecular flexibility index (Phi) is 8.45. The van der Waals surface area contributed by atoms with Crippen molar-refractivity contribution in [3.05, 3.63) is 22.4 Å². The summed E-state index contributed by atoms with van der Waals surface area (Å²) in [5.74, 6) is 0.957.